The number of rotatable bonds is 4. The number of aromatic nitrogens is 2. The van der Waals surface area contributed by atoms with Crippen molar-refractivity contribution in [2.75, 3.05) is 10.6 Å². The van der Waals surface area contributed by atoms with Gasteiger partial charge in [0.2, 0.25) is 5.89 Å². The van der Waals surface area contributed by atoms with Gasteiger partial charge in [-0.15, -0.1) is 5.10 Å². The molecule has 0 aliphatic rings. The van der Waals surface area contributed by atoms with Crippen molar-refractivity contribution in [1.29, 1.82) is 0 Å². The van der Waals surface area contributed by atoms with E-state index in [1.807, 2.05) is 32.0 Å². The first kappa shape index (κ1) is 17.7. The molecule has 0 atom stereocenters. The minimum atomic E-state index is -0.421. The number of nitrogens with one attached hydrogen (secondary N) is 2. The average molecular weight is 350 g/mol. The lowest BCUT2D eigenvalue weighted by Crippen LogP contribution is -2.19. The topological polar surface area (TPSA) is 80.0 Å². The summed E-state index contributed by atoms with van der Waals surface area (Å²) in [6, 6.07) is 11.6. The zero-order valence-electron chi connectivity index (χ0n) is 15.4. The van der Waals surface area contributed by atoms with Gasteiger partial charge in [0, 0.05) is 5.69 Å². The van der Waals surface area contributed by atoms with Crippen LogP contribution in [0, 0.1) is 27.7 Å². The van der Waals surface area contributed by atoms with Gasteiger partial charge in [-0.25, -0.2) is 4.79 Å². The Bertz CT molecular complexity index is 947. The van der Waals surface area contributed by atoms with Crippen LogP contribution in [-0.4, -0.2) is 16.2 Å². The summed E-state index contributed by atoms with van der Waals surface area (Å²) in [4.78, 5) is 12.1. The molecule has 1 aromatic heterocycles. The molecule has 3 aromatic rings. The first-order valence-corrected chi connectivity index (χ1v) is 8.44. The third-order valence-corrected chi connectivity index (χ3v) is 4.29. The number of nitrogens with zero attached hydrogens (tertiary/aromatic N) is 2. The maximum Gasteiger partial charge on any atom is 0.327 e. The Morgan fingerprint density at radius 3 is 2.46 bits per heavy atom. The fourth-order valence-corrected chi connectivity index (χ4v) is 2.66. The molecule has 0 radical (unpaired) electrons. The molecular formula is C20H22N4O2. The van der Waals surface area contributed by atoms with Gasteiger partial charge >= 0.3 is 12.0 Å². The van der Waals surface area contributed by atoms with Crippen LogP contribution in [0.4, 0.5) is 16.5 Å². The van der Waals surface area contributed by atoms with Crippen molar-refractivity contribution < 1.29 is 9.21 Å². The monoisotopic (exact) mass is 350 g/mol. The molecule has 0 unspecified atom stereocenters. The molecule has 2 N–H and O–H groups in total. The van der Waals surface area contributed by atoms with E-state index < -0.39 is 6.03 Å². The number of anilines is 2. The highest BCUT2D eigenvalue weighted by Gasteiger charge is 2.11. The van der Waals surface area contributed by atoms with Crippen molar-refractivity contribution >= 4 is 17.7 Å². The van der Waals surface area contributed by atoms with Gasteiger partial charge in [-0.2, -0.15) is 0 Å². The zero-order chi connectivity index (χ0) is 18.7. The second-order valence-electron chi connectivity index (χ2n) is 6.49. The average Bonchev–Trinajstić information content (AvgIpc) is 3.00. The second-order valence-corrected chi connectivity index (χ2v) is 6.49. The third-order valence-electron chi connectivity index (χ3n) is 4.29. The van der Waals surface area contributed by atoms with Crippen LogP contribution >= 0.6 is 0 Å². The molecule has 134 valence electrons. The number of urea groups is 1. The first-order chi connectivity index (χ1) is 12.4. The van der Waals surface area contributed by atoms with Crippen molar-refractivity contribution in [1.82, 2.24) is 10.2 Å². The fraction of sp³-hybridized carbons (Fsp3) is 0.250. The lowest BCUT2D eigenvalue weighted by molar-refractivity contribution is 0.261. The van der Waals surface area contributed by atoms with Gasteiger partial charge < -0.3 is 9.73 Å². The van der Waals surface area contributed by atoms with Crippen LogP contribution in [0.15, 0.2) is 40.8 Å². The smallest absolute Gasteiger partial charge is 0.327 e. The van der Waals surface area contributed by atoms with Gasteiger partial charge in [0.1, 0.15) is 0 Å². The van der Waals surface area contributed by atoms with E-state index in [-0.39, 0.29) is 6.01 Å². The maximum absolute atomic E-state index is 12.1. The van der Waals surface area contributed by atoms with Crippen LogP contribution in [0.2, 0.25) is 0 Å². The highest BCUT2D eigenvalue weighted by Crippen LogP contribution is 2.17. The van der Waals surface area contributed by atoms with E-state index in [0.29, 0.717) is 18.0 Å². The summed E-state index contributed by atoms with van der Waals surface area (Å²) in [5.74, 6) is 0.457. The van der Waals surface area contributed by atoms with Gasteiger partial charge in [0.25, 0.3) is 0 Å². The molecule has 0 aliphatic heterocycles. The normalized spacial score (nSPS) is 10.6. The molecule has 2 amide bonds. The summed E-state index contributed by atoms with van der Waals surface area (Å²) < 4.78 is 5.53. The summed E-state index contributed by atoms with van der Waals surface area (Å²) in [7, 11) is 0. The number of benzene rings is 2. The Kier molecular flexibility index (Phi) is 5.02. The van der Waals surface area contributed by atoms with Gasteiger partial charge in [0.05, 0.1) is 6.42 Å². The molecule has 6 heteroatoms. The number of aryl methyl sites for hydroxylation is 4. The Labute approximate surface area is 152 Å². The van der Waals surface area contributed by atoms with E-state index in [4.69, 9.17) is 4.42 Å². The van der Waals surface area contributed by atoms with Gasteiger partial charge in [-0.05, 0) is 62.1 Å². The Hall–Kier alpha value is -3.15. The molecule has 6 nitrogen and oxygen atoms in total. The quantitative estimate of drug-likeness (QED) is 0.724. The summed E-state index contributed by atoms with van der Waals surface area (Å²) in [6.45, 7) is 8.12. The van der Waals surface area contributed by atoms with E-state index >= 15 is 0 Å². The van der Waals surface area contributed by atoms with Crippen LogP contribution in [0.3, 0.4) is 0 Å². The van der Waals surface area contributed by atoms with Crippen LogP contribution < -0.4 is 10.6 Å². The summed E-state index contributed by atoms with van der Waals surface area (Å²) in [6.07, 6.45) is 0.527. The lowest BCUT2D eigenvalue weighted by Gasteiger charge is -2.07. The van der Waals surface area contributed by atoms with Crippen molar-refractivity contribution in [3.63, 3.8) is 0 Å². The van der Waals surface area contributed by atoms with E-state index in [1.165, 1.54) is 16.7 Å². The van der Waals surface area contributed by atoms with Crippen molar-refractivity contribution in [3.8, 4) is 0 Å². The summed E-state index contributed by atoms with van der Waals surface area (Å²) in [5, 5.41) is 13.2. The van der Waals surface area contributed by atoms with Gasteiger partial charge in [-0.3, -0.25) is 5.32 Å². The predicted octanol–water partition coefficient (Wildman–Crippen LogP) is 4.54. The Morgan fingerprint density at radius 1 is 0.923 bits per heavy atom. The number of carbonyl (C=O) groups is 1. The predicted molar refractivity (Wildman–Crippen MR) is 102 cm³/mol. The molecule has 0 spiro atoms. The molecule has 0 bridgehead atoms. The van der Waals surface area contributed by atoms with E-state index in [0.717, 1.165) is 11.1 Å². The van der Waals surface area contributed by atoms with Gasteiger partial charge in [0.15, 0.2) is 0 Å². The molecule has 2 aromatic carbocycles. The summed E-state index contributed by atoms with van der Waals surface area (Å²) in [5.41, 5.74) is 6.48. The van der Waals surface area contributed by atoms with Crippen molar-refractivity contribution in [3.05, 3.63) is 70.1 Å². The van der Waals surface area contributed by atoms with Crippen LogP contribution in [0.5, 0.6) is 0 Å². The minimum absolute atomic E-state index is 0.0751. The SMILES string of the molecule is Cc1ccc(Cc2nnc(NC(=O)Nc3ccc(C)c(C)c3)o2)c(C)c1. The number of amides is 2. The molecule has 0 saturated heterocycles. The highest BCUT2D eigenvalue weighted by atomic mass is 16.4. The Balaban J connectivity index is 1.62. The second kappa shape index (κ2) is 7.39. The van der Waals surface area contributed by atoms with Gasteiger partial charge in [-0.1, -0.05) is 34.9 Å². The van der Waals surface area contributed by atoms with Crippen LogP contribution in [0.25, 0.3) is 0 Å². The summed E-state index contributed by atoms with van der Waals surface area (Å²) >= 11 is 0. The third kappa shape index (κ3) is 4.27. The fourth-order valence-electron chi connectivity index (χ4n) is 2.66. The van der Waals surface area contributed by atoms with E-state index in [9.17, 15) is 4.79 Å². The van der Waals surface area contributed by atoms with Crippen molar-refractivity contribution in [2.45, 2.75) is 34.1 Å². The number of hydrogen-bond acceptors (Lipinski definition) is 4. The molecule has 1 heterocycles. The van der Waals surface area contributed by atoms with Crippen molar-refractivity contribution in [2.24, 2.45) is 0 Å². The molecule has 0 saturated carbocycles. The molecule has 0 fully saturated rings. The molecule has 26 heavy (non-hydrogen) atoms. The first-order valence-electron chi connectivity index (χ1n) is 8.44. The maximum atomic E-state index is 12.1. The van der Waals surface area contributed by atoms with E-state index in [2.05, 4.69) is 52.9 Å². The molecular weight excluding hydrogens is 328 g/mol. The van der Waals surface area contributed by atoms with Crippen LogP contribution in [-0.2, 0) is 6.42 Å². The minimum Gasteiger partial charge on any atom is -0.407 e. The lowest BCUT2D eigenvalue weighted by atomic mass is 10.0. The standard InChI is InChI=1S/C20H22N4O2/c1-12-5-7-16(15(4)9-12)11-18-23-24-20(26-18)22-19(25)21-17-8-6-13(2)14(3)10-17/h5-10H,11H2,1-4H3,(H2,21,22,24,25). The molecule has 3 rings (SSSR count). The number of hydrogen-bond donors (Lipinski definition) is 2. The van der Waals surface area contributed by atoms with Crippen LogP contribution in [0.1, 0.15) is 33.7 Å². The zero-order valence-corrected chi connectivity index (χ0v) is 15.4. The van der Waals surface area contributed by atoms with E-state index in [1.54, 1.807) is 0 Å². The number of carbonyl (C=O) groups excluding carboxylic acids is 1. The largest absolute Gasteiger partial charge is 0.407 e. The highest BCUT2D eigenvalue weighted by molar-refractivity contribution is 5.98. The molecule has 0 aliphatic carbocycles. The Morgan fingerprint density at radius 2 is 1.73 bits per heavy atom.